The Bertz CT molecular complexity index is 178. The topological polar surface area (TPSA) is 21.8 Å². The van der Waals surface area contributed by atoms with Crippen molar-refractivity contribution in [3.8, 4) is 0 Å². The predicted octanol–water partition coefficient (Wildman–Crippen LogP) is 5.10. The largest absolute Gasteiger partial charge is 0.379 e. The lowest BCUT2D eigenvalue weighted by molar-refractivity contribution is 0.113. The summed E-state index contributed by atoms with van der Waals surface area (Å²) in [5, 5.41) is 0. The Morgan fingerprint density at radius 1 is 0.789 bits per heavy atom. The lowest BCUT2D eigenvalue weighted by atomic mass is 10.1. The number of ether oxygens (including phenoxy) is 2. The minimum atomic E-state index is 0.428. The third-order valence-electron chi connectivity index (χ3n) is 3.85. The number of unbranched alkanes of at least 4 members (excludes halogenated alkanes) is 11. The smallest absolute Gasteiger partial charge is 0.104 e. The van der Waals surface area contributed by atoms with Crippen LogP contribution in [0.25, 0.3) is 0 Å². The standard InChI is InChI=1S/C17H34O2/c1-2-3-4-5-6-7-8-9-10-11-12-13-14-18-15-17-16-19-17/h17H,2-16H2,1H3. The van der Waals surface area contributed by atoms with Crippen LogP contribution in [0.1, 0.15) is 84.0 Å². The molecule has 0 aliphatic carbocycles. The summed E-state index contributed by atoms with van der Waals surface area (Å²) in [6, 6.07) is 0. The highest BCUT2D eigenvalue weighted by Gasteiger charge is 2.21. The monoisotopic (exact) mass is 270 g/mol. The summed E-state index contributed by atoms with van der Waals surface area (Å²) in [6.07, 6.45) is 17.3. The second kappa shape index (κ2) is 12.9. The molecule has 1 aliphatic rings. The van der Waals surface area contributed by atoms with Crippen molar-refractivity contribution in [3.05, 3.63) is 0 Å². The van der Waals surface area contributed by atoms with Crippen molar-refractivity contribution in [2.45, 2.75) is 90.1 Å². The highest BCUT2D eigenvalue weighted by atomic mass is 16.6. The molecule has 114 valence electrons. The summed E-state index contributed by atoms with van der Waals surface area (Å²) in [6.45, 7) is 4.94. The van der Waals surface area contributed by atoms with Gasteiger partial charge in [-0.25, -0.2) is 0 Å². The van der Waals surface area contributed by atoms with Crippen molar-refractivity contribution in [1.82, 2.24) is 0 Å². The molecular formula is C17H34O2. The molecule has 2 nitrogen and oxygen atoms in total. The van der Waals surface area contributed by atoms with Gasteiger partial charge in [-0.2, -0.15) is 0 Å². The minimum absolute atomic E-state index is 0.428. The zero-order valence-corrected chi connectivity index (χ0v) is 13.0. The van der Waals surface area contributed by atoms with Gasteiger partial charge in [-0.05, 0) is 6.42 Å². The van der Waals surface area contributed by atoms with Gasteiger partial charge in [0.15, 0.2) is 0 Å². The van der Waals surface area contributed by atoms with Crippen LogP contribution in [0.15, 0.2) is 0 Å². The summed E-state index contributed by atoms with van der Waals surface area (Å²) in [7, 11) is 0. The van der Waals surface area contributed by atoms with Crippen LogP contribution in [-0.2, 0) is 9.47 Å². The molecule has 1 fully saturated rings. The molecule has 19 heavy (non-hydrogen) atoms. The molecule has 0 bridgehead atoms. The molecule has 0 amide bonds. The van der Waals surface area contributed by atoms with Crippen molar-refractivity contribution >= 4 is 0 Å². The lowest BCUT2D eigenvalue weighted by Crippen LogP contribution is -2.02. The van der Waals surface area contributed by atoms with E-state index in [1.165, 1.54) is 77.0 Å². The Balaban J connectivity index is 1.60. The van der Waals surface area contributed by atoms with Gasteiger partial charge >= 0.3 is 0 Å². The summed E-state index contributed by atoms with van der Waals surface area (Å²) in [5.74, 6) is 0. The van der Waals surface area contributed by atoms with Crippen molar-refractivity contribution in [3.63, 3.8) is 0 Å². The van der Waals surface area contributed by atoms with Crippen LogP contribution in [0.5, 0.6) is 0 Å². The SMILES string of the molecule is CCCCCCCCCCCCCCOCC1CO1. The third kappa shape index (κ3) is 12.7. The molecule has 0 saturated carbocycles. The maximum atomic E-state index is 5.52. The third-order valence-corrected chi connectivity index (χ3v) is 3.85. The molecule has 1 rings (SSSR count). The van der Waals surface area contributed by atoms with Crippen LogP contribution in [-0.4, -0.2) is 25.9 Å². The number of hydrogen-bond donors (Lipinski definition) is 0. The molecule has 1 aliphatic heterocycles. The van der Waals surface area contributed by atoms with Gasteiger partial charge < -0.3 is 9.47 Å². The average molecular weight is 270 g/mol. The number of hydrogen-bond acceptors (Lipinski definition) is 2. The Kier molecular flexibility index (Phi) is 11.5. The van der Waals surface area contributed by atoms with E-state index in [-0.39, 0.29) is 0 Å². The first-order chi connectivity index (χ1) is 9.43. The molecule has 0 radical (unpaired) electrons. The van der Waals surface area contributed by atoms with Gasteiger partial charge in [-0.15, -0.1) is 0 Å². The maximum Gasteiger partial charge on any atom is 0.104 e. The van der Waals surface area contributed by atoms with Crippen LogP contribution >= 0.6 is 0 Å². The fourth-order valence-electron chi connectivity index (χ4n) is 2.42. The fraction of sp³-hybridized carbons (Fsp3) is 1.00. The van der Waals surface area contributed by atoms with Crippen LogP contribution < -0.4 is 0 Å². The number of epoxide rings is 1. The van der Waals surface area contributed by atoms with E-state index in [9.17, 15) is 0 Å². The molecule has 0 N–H and O–H groups in total. The zero-order valence-electron chi connectivity index (χ0n) is 13.0. The average Bonchev–Trinajstić information content (AvgIpc) is 3.23. The minimum Gasteiger partial charge on any atom is -0.379 e. The molecule has 2 heteroatoms. The summed E-state index contributed by atoms with van der Waals surface area (Å²) in [5.41, 5.74) is 0. The van der Waals surface area contributed by atoms with Crippen LogP contribution in [0.3, 0.4) is 0 Å². The van der Waals surface area contributed by atoms with E-state index in [0.717, 1.165) is 19.8 Å². The Morgan fingerprint density at radius 3 is 1.74 bits per heavy atom. The van der Waals surface area contributed by atoms with Crippen molar-refractivity contribution in [2.75, 3.05) is 19.8 Å². The molecule has 1 atom stereocenters. The highest BCUT2D eigenvalue weighted by molar-refractivity contribution is 4.66. The van der Waals surface area contributed by atoms with E-state index in [1.807, 2.05) is 0 Å². The quantitative estimate of drug-likeness (QED) is 0.305. The van der Waals surface area contributed by atoms with Crippen molar-refractivity contribution < 1.29 is 9.47 Å². The lowest BCUT2D eigenvalue weighted by Gasteiger charge is -2.03. The van der Waals surface area contributed by atoms with Gasteiger partial charge in [0.05, 0.1) is 13.2 Å². The van der Waals surface area contributed by atoms with Crippen LogP contribution in [0, 0.1) is 0 Å². The van der Waals surface area contributed by atoms with E-state index in [2.05, 4.69) is 6.92 Å². The maximum absolute atomic E-state index is 5.52. The highest BCUT2D eigenvalue weighted by Crippen LogP contribution is 2.12. The summed E-state index contributed by atoms with van der Waals surface area (Å²) < 4.78 is 10.6. The van der Waals surface area contributed by atoms with Gasteiger partial charge in [0, 0.05) is 6.61 Å². The van der Waals surface area contributed by atoms with Gasteiger partial charge in [0.25, 0.3) is 0 Å². The second-order valence-electron chi connectivity index (χ2n) is 5.92. The summed E-state index contributed by atoms with van der Waals surface area (Å²) in [4.78, 5) is 0. The first-order valence-electron chi connectivity index (χ1n) is 8.63. The Morgan fingerprint density at radius 2 is 1.26 bits per heavy atom. The van der Waals surface area contributed by atoms with Crippen LogP contribution in [0.4, 0.5) is 0 Å². The van der Waals surface area contributed by atoms with Crippen molar-refractivity contribution in [2.24, 2.45) is 0 Å². The molecule has 0 aromatic heterocycles. The summed E-state index contributed by atoms with van der Waals surface area (Å²) >= 11 is 0. The van der Waals surface area contributed by atoms with E-state index in [4.69, 9.17) is 9.47 Å². The van der Waals surface area contributed by atoms with Gasteiger partial charge in [0.2, 0.25) is 0 Å². The molecule has 0 aromatic carbocycles. The molecule has 1 heterocycles. The Hall–Kier alpha value is -0.0800. The van der Waals surface area contributed by atoms with Crippen molar-refractivity contribution in [1.29, 1.82) is 0 Å². The van der Waals surface area contributed by atoms with Gasteiger partial charge in [0.1, 0.15) is 6.10 Å². The molecule has 0 aromatic rings. The molecule has 1 unspecified atom stereocenters. The Labute approximate surface area is 120 Å². The van der Waals surface area contributed by atoms with Gasteiger partial charge in [-0.1, -0.05) is 77.6 Å². The number of rotatable bonds is 15. The molecular weight excluding hydrogens is 236 g/mol. The van der Waals surface area contributed by atoms with Gasteiger partial charge in [-0.3, -0.25) is 0 Å². The first kappa shape index (κ1) is 17.0. The first-order valence-corrected chi connectivity index (χ1v) is 8.63. The zero-order chi connectivity index (χ0) is 13.6. The van der Waals surface area contributed by atoms with Crippen LogP contribution in [0.2, 0.25) is 0 Å². The van der Waals surface area contributed by atoms with E-state index >= 15 is 0 Å². The van der Waals surface area contributed by atoms with E-state index < -0.39 is 0 Å². The predicted molar refractivity (Wildman–Crippen MR) is 81.6 cm³/mol. The molecule has 0 spiro atoms. The van der Waals surface area contributed by atoms with E-state index in [0.29, 0.717) is 6.10 Å². The molecule has 1 saturated heterocycles. The van der Waals surface area contributed by atoms with E-state index in [1.54, 1.807) is 0 Å². The normalized spacial score (nSPS) is 17.8. The second-order valence-corrected chi connectivity index (χ2v) is 5.92. The fourth-order valence-corrected chi connectivity index (χ4v) is 2.42.